The summed E-state index contributed by atoms with van der Waals surface area (Å²) >= 11 is 5.88. The fourth-order valence-electron chi connectivity index (χ4n) is 4.36. The molecule has 2 heterocycles. The molecule has 2 aliphatic heterocycles. The summed E-state index contributed by atoms with van der Waals surface area (Å²) in [6.07, 6.45) is 3.57. The number of likely N-dealkylation sites (tertiary alicyclic amines) is 2. The first-order valence-electron chi connectivity index (χ1n) is 9.53. The van der Waals surface area contributed by atoms with Gasteiger partial charge in [-0.15, -0.1) is 0 Å². The van der Waals surface area contributed by atoms with Crippen LogP contribution >= 0.6 is 11.6 Å². The van der Waals surface area contributed by atoms with Gasteiger partial charge in [0.15, 0.2) is 0 Å². The Bertz CT molecular complexity index is 559. The number of carbonyl (C=O) groups excluding carboxylic acids is 1. The van der Waals surface area contributed by atoms with Gasteiger partial charge in [0.25, 0.3) is 0 Å². The fraction of sp³-hybridized carbons (Fsp3) is 0.650. The van der Waals surface area contributed by atoms with Gasteiger partial charge in [0, 0.05) is 43.4 Å². The molecule has 2 aliphatic rings. The minimum atomic E-state index is 0.000916. The summed E-state index contributed by atoms with van der Waals surface area (Å²) in [5, 5.41) is 3.65. The Morgan fingerprint density at radius 2 is 1.72 bits per heavy atom. The summed E-state index contributed by atoms with van der Waals surface area (Å²) in [6.45, 7) is 10.1. The first-order valence-corrected chi connectivity index (χ1v) is 9.91. The smallest absolute Gasteiger partial charge is 0.321 e. The normalized spacial score (nSPS) is 25.8. The third-order valence-corrected chi connectivity index (χ3v) is 5.71. The SMILES string of the molecule is C[C@@H]1C[C@@H](C)CN(CC2CCN(C(=O)Nc3ccc(Cl)cc3)CC2)C1. The molecule has 2 saturated heterocycles. The van der Waals surface area contributed by atoms with E-state index >= 15 is 0 Å². The second kappa shape index (κ2) is 8.41. The van der Waals surface area contributed by atoms with Crippen molar-refractivity contribution in [1.29, 1.82) is 0 Å². The summed E-state index contributed by atoms with van der Waals surface area (Å²) < 4.78 is 0. The summed E-state index contributed by atoms with van der Waals surface area (Å²) in [5.41, 5.74) is 0.799. The molecule has 4 nitrogen and oxygen atoms in total. The molecule has 2 atom stereocenters. The zero-order valence-corrected chi connectivity index (χ0v) is 16.1. The fourth-order valence-corrected chi connectivity index (χ4v) is 4.49. The van der Waals surface area contributed by atoms with Gasteiger partial charge in [-0.25, -0.2) is 4.79 Å². The van der Waals surface area contributed by atoms with Crippen LogP contribution in [-0.4, -0.2) is 48.6 Å². The molecule has 0 aliphatic carbocycles. The molecule has 0 bridgehead atoms. The quantitative estimate of drug-likeness (QED) is 0.854. The summed E-state index contributed by atoms with van der Waals surface area (Å²) in [6, 6.07) is 7.27. The van der Waals surface area contributed by atoms with Crippen LogP contribution in [0.2, 0.25) is 5.02 Å². The molecule has 138 valence electrons. The number of amides is 2. The van der Waals surface area contributed by atoms with Crippen molar-refractivity contribution in [1.82, 2.24) is 9.80 Å². The maximum Gasteiger partial charge on any atom is 0.321 e. The molecule has 2 fully saturated rings. The number of anilines is 1. The van der Waals surface area contributed by atoms with Crippen LogP contribution in [0.15, 0.2) is 24.3 Å². The molecule has 3 rings (SSSR count). The van der Waals surface area contributed by atoms with Crippen LogP contribution in [0, 0.1) is 17.8 Å². The number of halogens is 1. The Kier molecular flexibility index (Phi) is 6.24. The lowest BCUT2D eigenvalue weighted by Crippen LogP contribution is -2.46. The van der Waals surface area contributed by atoms with Gasteiger partial charge >= 0.3 is 6.03 Å². The molecule has 2 amide bonds. The lowest BCUT2D eigenvalue weighted by Gasteiger charge is -2.39. The van der Waals surface area contributed by atoms with Gasteiger partial charge in [-0.2, -0.15) is 0 Å². The van der Waals surface area contributed by atoms with E-state index in [0.29, 0.717) is 5.02 Å². The minimum Gasteiger partial charge on any atom is -0.325 e. The van der Waals surface area contributed by atoms with Crippen molar-refractivity contribution < 1.29 is 4.79 Å². The van der Waals surface area contributed by atoms with Crippen LogP contribution in [0.1, 0.15) is 33.1 Å². The van der Waals surface area contributed by atoms with Crippen LogP contribution in [-0.2, 0) is 0 Å². The van der Waals surface area contributed by atoms with Crippen molar-refractivity contribution in [3.8, 4) is 0 Å². The minimum absolute atomic E-state index is 0.000916. The van der Waals surface area contributed by atoms with Gasteiger partial charge in [-0.3, -0.25) is 0 Å². The molecule has 5 heteroatoms. The highest BCUT2D eigenvalue weighted by Crippen LogP contribution is 2.25. The van der Waals surface area contributed by atoms with E-state index in [1.54, 1.807) is 12.1 Å². The first kappa shape index (κ1) is 18.5. The average Bonchev–Trinajstić information content (AvgIpc) is 2.56. The zero-order valence-electron chi connectivity index (χ0n) is 15.4. The van der Waals surface area contributed by atoms with Crippen molar-refractivity contribution in [3.63, 3.8) is 0 Å². The number of nitrogens with zero attached hydrogens (tertiary/aromatic N) is 2. The van der Waals surface area contributed by atoms with Gasteiger partial charge in [-0.1, -0.05) is 25.4 Å². The Balaban J connectivity index is 1.43. The number of piperidine rings is 2. The van der Waals surface area contributed by atoms with Crippen LogP contribution < -0.4 is 5.32 Å². The van der Waals surface area contributed by atoms with E-state index in [1.807, 2.05) is 17.0 Å². The van der Waals surface area contributed by atoms with Crippen molar-refractivity contribution in [3.05, 3.63) is 29.3 Å². The number of hydrogen-bond donors (Lipinski definition) is 1. The number of hydrogen-bond acceptors (Lipinski definition) is 2. The highest BCUT2D eigenvalue weighted by Gasteiger charge is 2.27. The van der Waals surface area contributed by atoms with Gasteiger partial charge in [-0.05, 0) is 61.3 Å². The second-order valence-corrected chi connectivity index (χ2v) is 8.47. The predicted octanol–water partition coefficient (Wildman–Crippen LogP) is 4.56. The van der Waals surface area contributed by atoms with Crippen molar-refractivity contribution in [2.45, 2.75) is 33.1 Å². The van der Waals surface area contributed by atoms with Crippen molar-refractivity contribution in [2.24, 2.45) is 17.8 Å². The first-order chi connectivity index (χ1) is 12.0. The van der Waals surface area contributed by atoms with Gasteiger partial charge in [0.1, 0.15) is 0 Å². The topological polar surface area (TPSA) is 35.6 Å². The molecule has 1 aromatic rings. The van der Waals surface area contributed by atoms with E-state index in [1.165, 1.54) is 26.1 Å². The lowest BCUT2D eigenvalue weighted by molar-refractivity contribution is 0.101. The van der Waals surface area contributed by atoms with Crippen LogP contribution in [0.4, 0.5) is 10.5 Å². The Labute approximate surface area is 156 Å². The van der Waals surface area contributed by atoms with Crippen LogP contribution in [0.5, 0.6) is 0 Å². The Morgan fingerprint density at radius 1 is 1.12 bits per heavy atom. The van der Waals surface area contributed by atoms with Crippen molar-refractivity contribution >= 4 is 23.3 Å². The average molecular weight is 364 g/mol. The summed E-state index contributed by atoms with van der Waals surface area (Å²) in [5.74, 6) is 2.35. The predicted molar refractivity (Wildman–Crippen MR) is 104 cm³/mol. The monoisotopic (exact) mass is 363 g/mol. The van der Waals surface area contributed by atoms with Crippen molar-refractivity contribution in [2.75, 3.05) is 38.0 Å². The summed E-state index contributed by atoms with van der Waals surface area (Å²) in [4.78, 5) is 17.0. The molecule has 1 aromatic carbocycles. The standard InChI is InChI=1S/C20H30ClN3O/c1-15-11-16(2)13-23(12-15)14-17-7-9-24(10-8-17)20(25)22-19-5-3-18(21)4-6-19/h3-6,15-17H,7-14H2,1-2H3,(H,22,25)/t15-,16-/m1/s1. The molecule has 0 spiro atoms. The van der Waals surface area contributed by atoms with Crippen LogP contribution in [0.3, 0.4) is 0 Å². The Morgan fingerprint density at radius 3 is 2.32 bits per heavy atom. The zero-order chi connectivity index (χ0) is 17.8. The molecule has 0 aromatic heterocycles. The third kappa shape index (κ3) is 5.35. The number of rotatable bonds is 3. The van der Waals surface area contributed by atoms with E-state index in [9.17, 15) is 4.79 Å². The maximum absolute atomic E-state index is 12.4. The molecule has 0 saturated carbocycles. The number of carbonyl (C=O) groups is 1. The second-order valence-electron chi connectivity index (χ2n) is 8.03. The van der Waals surface area contributed by atoms with Gasteiger partial charge < -0.3 is 15.1 Å². The largest absolute Gasteiger partial charge is 0.325 e. The molecular formula is C20H30ClN3O. The number of benzene rings is 1. The Hall–Kier alpha value is -1.26. The van der Waals surface area contributed by atoms with E-state index < -0.39 is 0 Å². The van der Waals surface area contributed by atoms with Gasteiger partial charge in [0.05, 0.1) is 0 Å². The highest BCUT2D eigenvalue weighted by molar-refractivity contribution is 6.30. The third-order valence-electron chi connectivity index (χ3n) is 5.46. The lowest BCUT2D eigenvalue weighted by atomic mass is 9.89. The molecule has 0 radical (unpaired) electrons. The van der Waals surface area contributed by atoms with E-state index in [0.717, 1.165) is 49.4 Å². The molecule has 1 N–H and O–H groups in total. The molecular weight excluding hydrogens is 334 g/mol. The van der Waals surface area contributed by atoms with E-state index in [4.69, 9.17) is 11.6 Å². The van der Waals surface area contributed by atoms with Crippen LogP contribution in [0.25, 0.3) is 0 Å². The molecule has 25 heavy (non-hydrogen) atoms. The van der Waals surface area contributed by atoms with Gasteiger partial charge in [0.2, 0.25) is 0 Å². The molecule has 0 unspecified atom stereocenters. The number of urea groups is 1. The summed E-state index contributed by atoms with van der Waals surface area (Å²) in [7, 11) is 0. The van der Waals surface area contributed by atoms with E-state index in [-0.39, 0.29) is 6.03 Å². The maximum atomic E-state index is 12.4. The highest BCUT2D eigenvalue weighted by atomic mass is 35.5. The van der Waals surface area contributed by atoms with E-state index in [2.05, 4.69) is 24.1 Å². The number of nitrogens with one attached hydrogen (secondary N) is 1.